The van der Waals surface area contributed by atoms with Gasteiger partial charge in [0, 0.05) is 24.9 Å². The van der Waals surface area contributed by atoms with E-state index < -0.39 is 17.2 Å². The van der Waals surface area contributed by atoms with Crippen LogP contribution in [0.5, 0.6) is 17.2 Å². The number of para-hydroxylation sites is 1. The van der Waals surface area contributed by atoms with Crippen LogP contribution in [-0.4, -0.2) is 39.9 Å². The fourth-order valence-electron chi connectivity index (χ4n) is 3.84. The average Bonchev–Trinajstić information content (AvgIpc) is 3.30. The van der Waals surface area contributed by atoms with Crippen LogP contribution in [0.15, 0.2) is 53.6 Å². The Morgan fingerprint density at radius 3 is 2.75 bits per heavy atom. The summed E-state index contributed by atoms with van der Waals surface area (Å²) in [5.74, 6) is -0.687. The number of aromatic nitrogens is 4. The maximum atomic E-state index is 14.3. The first-order chi connectivity index (χ1) is 17.4. The van der Waals surface area contributed by atoms with Crippen molar-refractivity contribution in [3.8, 4) is 17.2 Å². The topological polar surface area (TPSA) is 119 Å². The molecule has 3 aromatic heterocycles. The molecular weight excluding hydrogens is 491 g/mol. The number of nitrogens with zero attached hydrogens (tertiary/aromatic N) is 2. The minimum absolute atomic E-state index is 0.00285. The van der Waals surface area contributed by atoms with Gasteiger partial charge < -0.3 is 24.2 Å². The van der Waals surface area contributed by atoms with Crippen molar-refractivity contribution in [1.29, 1.82) is 0 Å². The highest BCUT2D eigenvalue weighted by Gasteiger charge is 2.22. The molecule has 0 aliphatic rings. The van der Waals surface area contributed by atoms with Crippen LogP contribution < -0.4 is 15.0 Å². The SMILES string of the molecule is COCc1nc2c(cnc3[nH]cc(C(=O)c4ccc(Oc5c(F)cccc5OC)cc4Cl)c32)[nH]c1=O. The highest BCUT2D eigenvalue weighted by Crippen LogP contribution is 2.36. The number of rotatable bonds is 7. The molecule has 0 saturated carbocycles. The van der Waals surface area contributed by atoms with E-state index in [4.69, 9.17) is 25.8 Å². The van der Waals surface area contributed by atoms with Gasteiger partial charge in [-0.2, -0.15) is 0 Å². The maximum absolute atomic E-state index is 14.3. The van der Waals surface area contributed by atoms with Gasteiger partial charge in [-0.1, -0.05) is 17.7 Å². The summed E-state index contributed by atoms with van der Waals surface area (Å²) in [4.78, 5) is 40.1. The molecule has 0 aliphatic carbocycles. The Hall–Kier alpha value is -4.28. The molecule has 0 aliphatic heterocycles. The third-order valence-corrected chi connectivity index (χ3v) is 5.83. The molecule has 0 spiro atoms. The molecule has 3 heterocycles. The van der Waals surface area contributed by atoms with Crippen molar-refractivity contribution in [3.63, 3.8) is 0 Å². The van der Waals surface area contributed by atoms with Gasteiger partial charge >= 0.3 is 0 Å². The Bertz CT molecular complexity index is 1700. The molecule has 2 aromatic carbocycles. The van der Waals surface area contributed by atoms with E-state index in [1.165, 1.54) is 56.9 Å². The monoisotopic (exact) mass is 508 g/mol. The van der Waals surface area contributed by atoms with E-state index in [1.54, 1.807) is 6.07 Å². The van der Waals surface area contributed by atoms with Gasteiger partial charge in [0.1, 0.15) is 22.6 Å². The summed E-state index contributed by atoms with van der Waals surface area (Å²) in [5.41, 5.74) is 1.38. The lowest BCUT2D eigenvalue weighted by Crippen LogP contribution is -2.16. The minimum Gasteiger partial charge on any atom is -0.493 e. The second-order valence-corrected chi connectivity index (χ2v) is 8.14. The van der Waals surface area contributed by atoms with Crippen LogP contribution in [0.25, 0.3) is 22.1 Å². The van der Waals surface area contributed by atoms with Crippen LogP contribution in [0.1, 0.15) is 21.6 Å². The molecule has 11 heteroatoms. The Balaban J connectivity index is 1.55. The summed E-state index contributed by atoms with van der Waals surface area (Å²) < 4.78 is 30.1. The third-order valence-electron chi connectivity index (χ3n) is 5.51. The number of halogens is 2. The van der Waals surface area contributed by atoms with E-state index in [0.717, 1.165) is 0 Å². The normalized spacial score (nSPS) is 11.2. The van der Waals surface area contributed by atoms with Gasteiger partial charge in [-0.05, 0) is 24.3 Å². The van der Waals surface area contributed by atoms with Crippen LogP contribution in [0, 0.1) is 5.82 Å². The van der Waals surface area contributed by atoms with E-state index in [0.29, 0.717) is 22.1 Å². The van der Waals surface area contributed by atoms with E-state index in [-0.39, 0.29) is 45.7 Å². The zero-order chi connectivity index (χ0) is 25.4. The van der Waals surface area contributed by atoms with E-state index in [2.05, 4.69) is 19.9 Å². The Labute approximate surface area is 207 Å². The number of fused-ring (bicyclic) bond motifs is 3. The number of H-pyrrole nitrogens is 2. The van der Waals surface area contributed by atoms with Gasteiger partial charge in [-0.25, -0.2) is 14.4 Å². The summed E-state index contributed by atoms with van der Waals surface area (Å²) >= 11 is 6.45. The first kappa shape index (κ1) is 23.5. The molecule has 9 nitrogen and oxygen atoms in total. The molecule has 5 rings (SSSR count). The second-order valence-electron chi connectivity index (χ2n) is 7.74. The molecule has 0 saturated heterocycles. The van der Waals surface area contributed by atoms with Gasteiger partial charge in [-0.3, -0.25) is 9.59 Å². The number of carbonyl (C=O) groups is 1. The molecule has 0 atom stereocenters. The minimum atomic E-state index is -0.609. The standard InChI is InChI=1S/C25H18ClFN4O5/c1-34-11-18-25(33)31-17-10-29-24-20(21(17)30-18)14(9-28-24)22(32)13-7-6-12(8-15(13)26)36-23-16(27)4-3-5-19(23)35-2/h3-10H,11H2,1-2H3,(H,28,29)(H,31,33). The molecular formula is C25H18ClFN4O5. The fourth-order valence-corrected chi connectivity index (χ4v) is 4.09. The molecule has 0 bridgehead atoms. The zero-order valence-corrected chi connectivity index (χ0v) is 19.8. The molecule has 0 radical (unpaired) electrons. The van der Waals surface area contributed by atoms with Crippen LogP contribution in [0.2, 0.25) is 5.02 Å². The lowest BCUT2D eigenvalue weighted by molar-refractivity contribution is 0.104. The highest BCUT2D eigenvalue weighted by atomic mass is 35.5. The van der Waals surface area contributed by atoms with Crippen LogP contribution in [0.4, 0.5) is 4.39 Å². The summed E-state index contributed by atoms with van der Waals surface area (Å²) in [6.07, 6.45) is 2.97. The summed E-state index contributed by atoms with van der Waals surface area (Å²) in [6.45, 7) is 0.00285. The average molecular weight is 509 g/mol. The fraction of sp³-hybridized carbons (Fsp3) is 0.120. The van der Waals surface area contributed by atoms with Crippen molar-refractivity contribution >= 4 is 39.5 Å². The predicted molar refractivity (Wildman–Crippen MR) is 131 cm³/mol. The zero-order valence-electron chi connectivity index (χ0n) is 19.0. The second kappa shape index (κ2) is 9.40. The van der Waals surface area contributed by atoms with Crippen LogP contribution >= 0.6 is 11.6 Å². The first-order valence-electron chi connectivity index (χ1n) is 10.6. The van der Waals surface area contributed by atoms with Gasteiger partial charge in [0.15, 0.2) is 17.3 Å². The summed E-state index contributed by atoms with van der Waals surface area (Å²) in [7, 11) is 2.86. The van der Waals surface area contributed by atoms with E-state index >= 15 is 0 Å². The third kappa shape index (κ3) is 4.06. The molecule has 5 aromatic rings. The van der Waals surface area contributed by atoms with Crippen molar-refractivity contribution in [1.82, 2.24) is 19.9 Å². The Morgan fingerprint density at radius 1 is 1.17 bits per heavy atom. The van der Waals surface area contributed by atoms with Crippen molar-refractivity contribution in [2.24, 2.45) is 0 Å². The number of nitrogens with one attached hydrogen (secondary N) is 2. The van der Waals surface area contributed by atoms with Crippen LogP contribution in [0.3, 0.4) is 0 Å². The maximum Gasteiger partial charge on any atom is 0.272 e. The number of pyridine rings is 1. The highest BCUT2D eigenvalue weighted by molar-refractivity contribution is 6.36. The predicted octanol–water partition coefficient (Wildman–Crippen LogP) is 4.77. The Kier molecular flexibility index (Phi) is 6.13. The van der Waals surface area contributed by atoms with E-state index in [1.807, 2.05) is 0 Å². The van der Waals surface area contributed by atoms with Crippen molar-refractivity contribution in [2.75, 3.05) is 14.2 Å². The number of benzene rings is 2. The molecule has 0 amide bonds. The number of ether oxygens (including phenoxy) is 3. The number of ketones is 1. The number of hydrogen-bond acceptors (Lipinski definition) is 7. The van der Waals surface area contributed by atoms with Gasteiger partial charge in [-0.15, -0.1) is 0 Å². The lowest BCUT2D eigenvalue weighted by Gasteiger charge is -2.12. The van der Waals surface area contributed by atoms with Crippen LogP contribution in [-0.2, 0) is 11.3 Å². The molecule has 182 valence electrons. The van der Waals surface area contributed by atoms with Gasteiger partial charge in [0.05, 0.1) is 41.4 Å². The summed E-state index contributed by atoms with van der Waals surface area (Å²) in [6, 6.07) is 8.70. The van der Waals surface area contributed by atoms with Crippen molar-refractivity contribution in [3.05, 3.63) is 86.8 Å². The van der Waals surface area contributed by atoms with Crippen molar-refractivity contribution in [2.45, 2.75) is 6.61 Å². The number of carbonyl (C=O) groups excluding carboxylic acids is 1. The number of aromatic amines is 2. The van der Waals surface area contributed by atoms with Gasteiger partial charge in [0.25, 0.3) is 5.56 Å². The number of hydrogen-bond donors (Lipinski definition) is 2. The molecule has 36 heavy (non-hydrogen) atoms. The van der Waals surface area contributed by atoms with E-state index in [9.17, 15) is 14.0 Å². The lowest BCUT2D eigenvalue weighted by atomic mass is 10.0. The Morgan fingerprint density at radius 2 is 2.00 bits per heavy atom. The molecule has 0 unspecified atom stereocenters. The smallest absolute Gasteiger partial charge is 0.272 e. The quantitative estimate of drug-likeness (QED) is 0.304. The molecule has 0 fully saturated rings. The number of methoxy groups -OCH3 is 2. The van der Waals surface area contributed by atoms with Crippen molar-refractivity contribution < 1.29 is 23.4 Å². The van der Waals surface area contributed by atoms with Gasteiger partial charge in [0.2, 0.25) is 5.75 Å². The first-order valence-corrected chi connectivity index (χ1v) is 11.0. The molecule has 2 N–H and O–H groups in total. The summed E-state index contributed by atoms with van der Waals surface area (Å²) in [5, 5.41) is 0.523. The largest absolute Gasteiger partial charge is 0.493 e.